The molecule has 92 valence electrons. The van der Waals surface area contributed by atoms with Crippen LogP contribution in [-0.4, -0.2) is 41.9 Å². The van der Waals surface area contributed by atoms with Crippen LogP contribution < -0.4 is 4.74 Å². The molecule has 1 aliphatic rings. The van der Waals surface area contributed by atoms with Gasteiger partial charge in [-0.15, -0.1) is 11.6 Å². The molecule has 1 aromatic heterocycles. The first-order valence-corrected chi connectivity index (χ1v) is 6.14. The predicted octanol–water partition coefficient (Wildman–Crippen LogP) is 1.79. The Morgan fingerprint density at radius 3 is 3.18 bits per heavy atom. The van der Waals surface area contributed by atoms with Gasteiger partial charge in [-0.2, -0.15) is 0 Å². The fourth-order valence-corrected chi connectivity index (χ4v) is 2.28. The topological polar surface area (TPSA) is 42.4 Å². The van der Waals surface area contributed by atoms with Gasteiger partial charge in [-0.3, -0.25) is 4.79 Å². The third kappa shape index (κ3) is 2.52. The smallest absolute Gasteiger partial charge is 0.259 e. The molecular formula is C12H15ClN2O2. The van der Waals surface area contributed by atoms with Crippen LogP contribution in [-0.2, 0) is 0 Å². The van der Waals surface area contributed by atoms with Crippen LogP contribution in [0.4, 0.5) is 0 Å². The number of halogens is 1. The van der Waals surface area contributed by atoms with E-state index in [9.17, 15) is 4.79 Å². The molecule has 1 amide bonds. The second-order valence-corrected chi connectivity index (χ2v) is 4.43. The quantitative estimate of drug-likeness (QED) is 0.773. The normalized spacial score (nSPS) is 19.4. The molecule has 1 unspecified atom stereocenters. The summed E-state index contributed by atoms with van der Waals surface area (Å²) in [6.45, 7) is 1.48. The summed E-state index contributed by atoms with van der Waals surface area (Å²) >= 11 is 5.81. The van der Waals surface area contributed by atoms with E-state index in [-0.39, 0.29) is 5.91 Å². The number of methoxy groups -OCH3 is 1. The van der Waals surface area contributed by atoms with Crippen molar-refractivity contribution >= 4 is 17.5 Å². The highest BCUT2D eigenvalue weighted by molar-refractivity contribution is 6.18. The summed E-state index contributed by atoms with van der Waals surface area (Å²) in [5, 5.41) is 0. The van der Waals surface area contributed by atoms with E-state index in [0.29, 0.717) is 23.2 Å². The van der Waals surface area contributed by atoms with Gasteiger partial charge < -0.3 is 9.64 Å². The number of ether oxygens (including phenoxy) is 1. The number of aromatic nitrogens is 1. The van der Waals surface area contributed by atoms with Crippen molar-refractivity contribution in [1.82, 2.24) is 9.88 Å². The molecule has 0 N–H and O–H groups in total. The molecule has 2 heterocycles. The molecule has 0 spiro atoms. The molecule has 0 aromatic carbocycles. The second-order valence-electron chi connectivity index (χ2n) is 4.12. The maximum Gasteiger partial charge on any atom is 0.259 e. The van der Waals surface area contributed by atoms with Gasteiger partial charge in [-0.1, -0.05) is 0 Å². The molecule has 1 aliphatic heterocycles. The summed E-state index contributed by atoms with van der Waals surface area (Å²) in [6, 6.07) is 3.48. The van der Waals surface area contributed by atoms with Crippen molar-refractivity contribution in [3.63, 3.8) is 0 Å². The summed E-state index contributed by atoms with van der Waals surface area (Å²) in [7, 11) is 1.52. The van der Waals surface area contributed by atoms with E-state index in [1.165, 1.54) is 7.11 Å². The molecule has 0 saturated carbocycles. The van der Waals surface area contributed by atoms with Gasteiger partial charge >= 0.3 is 0 Å². The number of hydrogen-bond donors (Lipinski definition) is 0. The number of nitrogens with zero attached hydrogens (tertiary/aromatic N) is 2. The largest absolute Gasteiger partial charge is 0.480 e. The molecule has 0 bridgehead atoms. The van der Waals surface area contributed by atoms with Crippen molar-refractivity contribution in [1.29, 1.82) is 0 Å². The van der Waals surface area contributed by atoms with Gasteiger partial charge in [0.05, 0.1) is 7.11 Å². The Morgan fingerprint density at radius 2 is 2.53 bits per heavy atom. The number of carbonyl (C=O) groups is 1. The zero-order valence-electron chi connectivity index (χ0n) is 9.73. The van der Waals surface area contributed by atoms with E-state index >= 15 is 0 Å². The molecule has 1 saturated heterocycles. The first kappa shape index (κ1) is 12.2. The third-order valence-electron chi connectivity index (χ3n) is 2.99. The zero-order valence-corrected chi connectivity index (χ0v) is 10.5. The van der Waals surface area contributed by atoms with E-state index in [1.54, 1.807) is 18.3 Å². The van der Waals surface area contributed by atoms with Crippen LogP contribution in [0.5, 0.6) is 5.88 Å². The minimum Gasteiger partial charge on any atom is -0.480 e. The maximum atomic E-state index is 12.3. The van der Waals surface area contributed by atoms with Crippen molar-refractivity contribution in [2.75, 3.05) is 26.1 Å². The molecule has 1 fully saturated rings. The van der Waals surface area contributed by atoms with Crippen molar-refractivity contribution in [2.24, 2.45) is 5.92 Å². The average molecular weight is 255 g/mol. The first-order chi connectivity index (χ1) is 8.26. The standard InChI is InChI=1S/C12H15ClN2O2/c1-17-11-10(3-2-5-14-11)12(16)15-6-4-9(7-13)8-15/h2-3,5,9H,4,6-8H2,1H3. The Hall–Kier alpha value is -1.29. The molecule has 1 aromatic rings. The van der Waals surface area contributed by atoms with Gasteiger partial charge in [-0.05, 0) is 24.5 Å². The summed E-state index contributed by atoms with van der Waals surface area (Å²) in [6.07, 6.45) is 2.58. The van der Waals surface area contributed by atoms with Crippen LogP contribution in [0.1, 0.15) is 16.8 Å². The molecular weight excluding hydrogens is 240 g/mol. The predicted molar refractivity (Wildman–Crippen MR) is 65.5 cm³/mol. The lowest BCUT2D eigenvalue weighted by Gasteiger charge is -2.17. The highest BCUT2D eigenvalue weighted by Gasteiger charge is 2.28. The Balaban J connectivity index is 2.15. The lowest BCUT2D eigenvalue weighted by atomic mass is 10.2. The number of carbonyl (C=O) groups excluding carboxylic acids is 1. The van der Waals surface area contributed by atoms with E-state index in [0.717, 1.165) is 19.5 Å². The Morgan fingerprint density at radius 1 is 1.71 bits per heavy atom. The fourth-order valence-electron chi connectivity index (χ4n) is 2.03. The summed E-state index contributed by atoms with van der Waals surface area (Å²) < 4.78 is 5.09. The Labute approximate surface area is 106 Å². The van der Waals surface area contributed by atoms with E-state index in [1.807, 2.05) is 4.90 Å². The maximum absolute atomic E-state index is 12.3. The molecule has 0 aliphatic carbocycles. The summed E-state index contributed by atoms with van der Waals surface area (Å²) in [5.74, 6) is 1.37. The molecule has 1 atom stereocenters. The Bertz CT molecular complexity index is 411. The van der Waals surface area contributed by atoms with E-state index in [2.05, 4.69) is 4.98 Å². The molecule has 4 nitrogen and oxygen atoms in total. The van der Waals surface area contributed by atoms with Crippen LogP contribution in [0.25, 0.3) is 0 Å². The summed E-state index contributed by atoms with van der Waals surface area (Å²) in [4.78, 5) is 18.1. The highest BCUT2D eigenvalue weighted by atomic mass is 35.5. The lowest BCUT2D eigenvalue weighted by molar-refractivity contribution is 0.0784. The van der Waals surface area contributed by atoms with Crippen molar-refractivity contribution in [2.45, 2.75) is 6.42 Å². The van der Waals surface area contributed by atoms with Crippen LogP contribution in [0.2, 0.25) is 0 Å². The van der Waals surface area contributed by atoms with Gasteiger partial charge in [0.25, 0.3) is 5.91 Å². The zero-order chi connectivity index (χ0) is 12.3. The number of hydrogen-bond acceptors (Lipinski definition) is 3. The van der Waals surface area contributed by atoms with Gasteiger partial charge in [0.2, 0.25) is 5.88 Å². The molecule has 17 heavy (non-hydrogen) atoms. The molecule has 0 radical (unpaired) electrons. The average Bonchev–Trinajstić information content (AvgIpc) is 2.86. The SMILES string of the molecule is COc1ncccc1C(=O)N1CCC(CCl)C1. The minimum atomic E-state index is -0.0254. The van der Waals surface area contributed by atoms with Crippen molar-refractivity contribution in [3.8, 4) is 5.88 Å². The van der Waals surface area contributed by atoms with Crippen LogP contribution in [0.3, 0.4) is 0 Å². The number of rotatable bonds is 3. The monoisotopic (exact) mass is 254 g/mol. The van der Waals surface area contributed by atoms with Gasteiger partial charge in [-0.25, -0.2) is 4.98 Å². The van der Waals surface area contributed by atoms with Gasteiger partial charge in [0.1, 0.15) is 5.56 Å². The Kier molecular flexibility index (Phi) is 3.84. The summed E-state index contributed by atoms with van der Waals surface area (Å²) in [5.41, 5.74) is 0.519. The van der Waals surface area contributed by atoms with E-state index in [4.69, 9.17) is 16.3 Å². The number of alkyl halides is 1. The molecule has 2 rings (SSSR count). The number of likely N-dealkylation sites (tertiary alicyclic amines) is 1. The fraction of sp³-hybridized carbons (Fsp3) is 0.500. The second kappa shape index (κ2) is 5.36. The van der Waals surface area contributed by atoms with Gasteiger partial charge in [0, 0.05) is 25.2 Å². The highest BCUT2D eigenvalue weighted by Crippen LogP contribution is 2.22. The minimum absolute atomic E-state index is 0.0254. The number of amides is 1. The number of pyridine rings is 1. The van der Waals surface area contributed by atoms with E-state index < -0.39 is 0 Å². The van der Waals surface area contributed by atoms with Crippen molar-refractivity contribution in [3.05, 3.63) is 23.9 Å². The van der Waals surface area contributed by atoms with Crippen LogP contribution in [0, 0.1) is 5.92 Å². The lowest BCUT2D eigenvalue weighted by Crippen LogP contribution is -2.29. The van der Waals surface area contributed by atoms with Crippen LogP contribution in [0.15, 0.2) is 18.3 Å². The van der Waals surface area contributed by atoms with Gasteiger partial charge in [0.15, 0.2) is 0 Å². The molecule has 5 heteroatoms. The van der Waals surface area contributed by atoms with Crippen molar-refractivity contribution < 1.29 is 9.53 Å². The third-order valence-corrected chi connectivity index (χ3v) is 3.42. The van der Waals surface area contributed by atoms with Crippen LogP contribution >= 0.6 is 11.6 Å². The first-order valence-electron chi connectivity index (χ1n) is 5.60.